The molecule has 0 amide bonds. The maximum absolute atomic E-state index is 10.8. The highest BCUT2D eigenvalue weighted by atomic mass is 16.6. The summed E-state index contributed by atoms with van der Waals surface area (Å²) in [5, 5.41) is 27.8. The number of hydrogen-bond acceptors (Lipinski definition) is 7. The highest BCUT2D eigenvalue weighted by Gasteiger charge is 2.14. The number of ether oxygens (including phenoxy) is 1. The van der Waals surface area contributed by atoms with Crippen molar-refractivity contribution in [3.8, 4) is 0 Å². The summed E-state index contributed by atoms with van der Waals surface area (Å²) in [4.78, 5) is 21.0. The van der Waals surface area contributed by atoms with Crippen LogP contribution < -0.4 is 0 Å². The van der Waals surface area contributed by atoms with Crippen molar-refractivity contribution in [1.82, 2.24) is 15.0 Å². The van der Waals surface area contributed by atoms with E-state index < -0.39 is 16.9 Å². The molecular formula is C14H16N4O5. The van der Waals surface area contributed by atoms with Crippen LogP contribution in [-0.2, 0) is 16.0 Å². The average molecular weight is 320 g/mol. The minimum Gasteiger partial charge on any atom is -0.463 e. The largest absolute Gasteiger partial charge is 0.463 e. The van der Waals surface area contributed by atoms with E-state index in [0.717, 1.165) is 5.56 Å². The lowest BCUT2D eigenvalue weighted by Gasteiger charge is -2.13. The SMILES string of the molecule is CC(=O)OCC(CO)n1cc(Cc2ccc([N+](=O)[O-])cc2)nn1. The molecule has 1 aromatic heterocycles. The van der Waals surface area contributed by atoms with Gasteiger partial charge in [0.25, 0.3) is 5.69 Å². The Morgan fingerprint density at radius 1 is 1.43 bits per heavy atom. The lowest BCUT2D eigenvalue weighted by Crippen LogP contribution is -2.21. The number of nitrogens with zero attached hydrogens (tertiary/aromatic N) is 4. The molecule has 9 heteroatoms. The molecule has 0 aliphatic heterocycles. The normalized spacial score (nSPS) is 11.9. The number of carbonyl (C=O) groups excluding carboxylic acids is 1. The van der Waals surface area contributed by atoms with E-state index in [4.69, 9.17) is 4.74 Å². The molecule has 0 aliphatic rings. The quantitative estimate of drug-likeness (QED) is 0.456. The van der Waals surface area contributed by atoms with E-state index in [9.17, 15) is 20.0 Å². The summed E-state index contributed by atoms with van der Waals surface area (Å²) >= 11 is 0. The highest BCUT2D eigenvalue weighted by Crippen LogP contribution is 2.15. The predicted octanol–water partition coefficient (Wildman–Crippen LogP) is 0.874. The molecule has 0 saturated carbocycles. The Kier molecular flexibility index (Phi) is 5.36. The van der Waals surface area contributed by atoms with Gasteiger partial charge in [-0.05, 0) is 5.56 Å². The van der Waals surface area contributed by atoms with Gasteiger partial charge in [-0.2, -0.15) is 0 Å². The van der Waals surface area contributed by atoms with Gasteiger partial charge in [0.1, 0.15) is 12.6 Å². The first-order valence-corrected chi connectivity index (χ1v) is 6.88. The monoisotopic (exact) mass is 320 g/mol. The van der Waals surface area contributed by atoms with E-state index in [2.05, 4.69) is 10.3 Å². The van der Waals surface area contributed by atoms with Crippen molar-refractivity contribution in [3.05, 3.63) is 51.8 Å². The van der Waals surface area contributed by atoms with Gasteiger partial charge in [0, 0.05) is 31.7 Å². The van der Waals surface area contributed by atoms with Gasteiger partial charge in [0.15, 0.2) is 0 Å². The van der Waals surface area contributed by atoms with Gasteiger partial charge in [0.05, 0.1) is 17.2 Å². The summed E-state index contributed by atoms with van der Waals surface area (Å²) in [5.41, 5.74) is 1.52. The number of hydrogen-bond donors (Lipinski definition) is 1. The molecule has 0 bridgehead atoms. The summed E-state index contributed by atoms with van der Waals surface area (Å²) < 4.78 is 6.30. The molecule has 1 aromatic carbocycles. The molecule has 0 saturated heterocycles. The van der Waals surface area contributed by atoms with Crippen molar-refractivity contribution >= 4 is 11.7 Å². The third-order valence-electron chi connectivity index (χ3n) is 3.15. The molecule has 0 radical (unpaired) electrons. The van der Waals surface area contributed by atoms with Crippen LogP contribution >= 0.6 is 0 Å². The predicted molar refractivity (Wildman–Crippen MR) is 78.7 cm³/mol. The van der Waals surface area contributed by atoms with Crippen LogP contribution in [-0.4, -0.2) is 44.2 Å². The number of rotatable bonds is 7. The Morgan fingerprint density at radius 3 is 2.70 bits per heavy atom. The van der Waals surface area contributed by atoms with Crippen molar-refractivity contribution in [2.45, 2.75) is 19.4 Å². The molecule has 0 fully saturated rings. The van der Waals surface area contributed by atoms with Crippen LogP contribution in [0.4, 0.5) is 5.69 Å². The number of nitro groups is 1. The van der Waals surface area contributed by atoms with Crippen molar-refractivity contribution in [2.24, 2.45) is 0 Å². The topological polar surface area (TPSA) is 120 Å². The summed E-state index contributed by atoms with van der Waals surface area (Å²) in [7, 11) is 0. The Hall–Kier alpha value is -2.81. The molecular weight excluding hydrogens is 304 g/mol. The first-order chi connectivity index (χ1) is 11.0. The van der Waals surface area contributed by atoms with Crippen LogP contribution in [0.15, 0.2) is 30.5 Å². The van der Waals surface area contributed by atoms with Crippen LogP contribution in [0, 0.1) is 10.1 Å². The van der Waals surface area contributed by atoms with Crippen LogP contribution in [0.1, 0.15) is 24.2 Å². The summed E-state index contributed by atoms with van der Waals surface area (Å²) in [6.45, 7) is 1.05. The maximum atomic E-state index is 10.8. The standard InChI is InChI=1S/C14H16N4O5/c1-10(20)23-9-14(8-19)17-7-12(15-16-17)6-11-2-4-13(5-3-11)18(21)22/h2-5,7,14,19H,6,8-9H2,1H3. The second-order valence-corrected chi connectivity index (χ2v) is 4.93. The molecule has 122 valence electrons. The first-order valence-electron chi connectivity index (χ1n) is 6.88. The Balaban J connectivity index is 2.03. The third kappa shape index (κ3) is 4.58. The second kappa shape index (κ2) is 7.45. The van der Waals surface area contributed by atoms with Crippen molar-refractivity contribution in [1.29, 1.82) is 0 Å². The number of esters is 1. The fraction of sp³-hybridized carbons (Fsp3) is 0.357. The zero-order chi connectivity index (χ0) is 16.8. The number of non-ortho nitro benzene ring substituents is 1. The molecule has 1 unspecified atom stereocenters. The minimum atomic E-state index is -0.503. The summed E-state index contributed by atoms with van der Waals surface area (Å²) in [6, 6.07) is 5.66. The summed E-state index contributed by atoms with van der Waals surface area (Å²) in [6.07, 6.45) is 2.09. The lowest BCUT2D eigenvalue weighted by molar-refractivity contribution is -0.384. The van der Waals surface area contributed by atoms with Gasteiger partial charge in [-0.1, -0.05) is 17.3 Å². The van der Waals surface area contributed by atoms with Crippen LogP contribution in [0.3, 0.4) is 0 Å². The maximum Gasteiger partial charge on any atom is 0.302 e. The summed E-state index contributed by atoms with van der Waals surface area (Å²) in [5.74, 6) is -0.435. The number of nitro benzene ring substituents is 1. The van der Waals surface area contributed by atoms with E-state index in [1.807, 2.05) is 0 Å². The van der Waals surface area contributed by atoms with Gasteiger partial charge >= 0.3 is 5.97 Å². The van der Waals surface area contributed by atoms with Gasteiger partial charge in [-0.25, -0.2) is 4.68 Å². The number of carbonyl (C=O) groups is 1. The zero-order valence-electron chi connectivity index (χ0n) is 12.5. The van der Waals surface area contributed by atoms with Gasteiger partial charge < -0.3 is 9.84 Å². The van der Waals surface area contributed by atoms with Gasteiger partial charge in [-0.3, -0.25) is 14.9 Å². The highest BCUT2D eigenvalue weighted by molar-refractivity contribution is 5.65. The first kappa shape index (κ1) is 16.6. The molecule has 0 aliphatic carbocycles. The van der Waals surface area contributed by atoms with Crippen molar-refractivity contribution < 1.29 is 19.6 Å². The Morgan fingerprint density at radius 2 is 2.13 bits per heavy atom. The average Bonchev–Trinajstić information content (AvgIpc) is 2.96. The van der Waals surface area contributed by atoms with Crippen LogP contribution in [0.5, 0.6) is 0 Å². The third-order valence-corrected chi connectivity index (χ3v) is 3.15. The van der Waals surface area contributed by atoms with E-state index in [1.54, 1.807) is 18.3 Å². The smallest absolute Gasteiger partial charge is 0.302 e. The second-order valence-electron chi connectivity index (χ2n) is 4.93. The fourth-order valence-electron chi connectivity index (χ4n) is 1.94. The Bertz CT molecular complexity index is 683. The minimum absolute atomic E-state index is 0.00612. The van der Waals surface area contributed by atoms with Crippen molar-refractivity contribution in [3.63, 3.8) is 0 Å². The molecule has 1 atom stereocenters. The van der Waals surface area contributed by atoms with E-state index in [-0.39, 0.29) is 18.9 Å². The molecule has 2 aromatic rings. The van der Waals surface area contributed by atoms with Crippen LogP contribution in [0.25, 0.3) is 0 Å². The molecule has 23 heavy (non-hydrogen) atoms. The number of benzene rings is 1. The zero-order valence-corrected chi connectivity index (χ0v) is 12.5. The van der Waals surface area contributed by atoms with E-state index in [0.29, 0.717) is 12.1 Å². The molecule has 1 N–H and O–H groups in total. The van der Waals surface area contributed by atoms with Crippen molar-refractivity contribution in [2.75, 3.05) is 13.2 Å². The lowest BCUT2D eigenvalue weighted by atomic mass is 10.1. The molecule has 9 nitrogen and oxygen atoms in total. The van der Waals surface area contributed by atoms with Crippen LogP contribution in [0.2, 0.25) is 0 Å². The number of aromatic nitrogens is 3. The molecule has 0 spiro atoms. The van der Waals surface area contributed by atoms with Gasteiger partial charge in [-0.15, -0.1) is 5.10 Å². The molecule has 2 rings (SSSR count). The van der Waals surface area contributed by atoms with E-state index in [1.165, 1.54) is 23.7 Å². The molecule has 1 heterocycles. The van der Waals surface area contributed by atoms with Gasteiger partial charge in [0.2, 0.25) is 0 Å². The fourth-order valence-corrected chi connectivity index (χ4v) is 1.94. The number of aliphatic hydroxyl groups excluding tert-OH is 1. The van der Waals surface area contributed by atoms with E-state index >= 15 is 0 Å². The number of aliphatic hydroxyl groups is 1. The Labute approximate surface area is 131 Å².